The summed E-state index contributed by atoms with van der Waals surface area (Å²) in [6.45, 7) is 6.32. The van der Waals surface area contributed by atoms with Crippen molar-refractivity contribution in [2.45, 2.75) is 39.2 Å². The Kier molecular flexibility index (Phi) is 4.13. The second-order valence-corrected chi connectivity index (χ2v) is 6.81. The molecule has 2 rings (SSSR count). The average molecular weight is 327 g/mol. The number of amides is 1. The highest BCUT2D eigenvalue weighted by Gasteiger charge is 2.30. The van der Waals surface area contributed by atoms with Crippen molar-refractivity contribution in [2.75, 3.05) is 11.4 Å². The van der Waals surface area contributed by atoms with Gasteiger partial charge in [0.15, 0.2) is 0 Å². The predicted molar refractivity (Wildman–Crippen MR) is 78.2 cm³/mol. The molecule has 0 N–H and O–H groups in total. The van der Waals surface area contributed by atoms with Gasteiger partial charge in [-0.05, 0) is 61.5 Å². The van der Waals surface area contributed by atoms with Crippen molar-refractivity contribution >= 4 is 27.7 Å². The molecule has 0 aromatic carbocycles. The van der Waals surface area contributed by atoms with Crippen LogP contribution in [0.15, 0.2) is 22.9 Å². The highest BCUT2D eigenvalue weighted by atomic mass is 79.9. The first-order valence-electron chi connectivity index (χ1n) is 6.46. The molecule has 1 aromatic rings. The monoisotopic (exact) mass is 326 g/mol. The van der Waals surface area contributed by atoms with Gasteiger partial charge >= 0.3 is 6.09 Å². The highest BCUT2D eigenvalue weighted by Crippen LogP contribution is 2.32. The van der Waals surface area contributed by atoms with Gasteiger partial charge in [0, 0.05) is 17.2 Å². The van der Waals surface area contributed by atoms with E-state index in [1.807, 2.05) is 26.8 Å². The van der Waals surface area contributed by atoms with E-state index < -0.39 is 5.60 Å². The molecule has 4 nitrogen and oxygen atoms in total. The van der Waals surface area contributed by atoms with E-state index >= 15 is 0 Å². The number of anilines is 1. The number of halogens is 1. The molecule has 0 spiro atoms. The molecule has 1 aliphatic rings. The van der Waals surface area contributed by atoms with E-state index in [4.69, 9.17) is 4.74 Å². The standard InChI is InChI=1S/C14H19BrN2O2/c1-14(2,3)19-13(18)17(9-10-4-5-10)12-6-11(15)7-16-8-12/h6-8,10H,4-5,9H2,1-3H3. The van der Waals surface area contributed by atoms with Crippen LogP contribution in [0.5, 0.6) is 0 Å². The number of ether oxygens (including phenoxy) is 1. The molecule has 0 unspecified atom stereocenters. The van der Waals surface area contributed by atoms with E-state index in [-0.39, 0.29) is 6.09 Å². The Morgan fingerprint density at radius 3 is 2.68 bits per heavy atom. The summed E-state index contributed by atoms with van der Waals surface area (Å²) in [6, 6.07) is 1.89. The van der Waals surface area contributed by atoms with Crippen LogP contribution < -0.4 is 4.90 Å². The minimum absolute atomic E-state index is 0.306. The van der Waals surface area contributed by atoms with Crippen molar-refractivity contribution in [2.24, 2.45) is 5.92 Å². The summed E-state index contributed by atoms with van der Waals surface area (Å²) in [5.41, 5.74) is 0.286. The van der Waals surface area contributed by atoms with Crippen LogP contribution in [0.4, 0.5) is 10.5 Å². The van der Waals surface area contributed by atoms with Crippen LogP contribution in [0.25, 0.3) is 0 Å². The fourth-order valence-corrected chi connectivity index (χ4v) is 2.06. The van der Waals surface area contributed by atoms with Gasteiger partial charge in [0.25, 0.3) is 0 Å². The van der Waals surface area contributed by atoms with Crippen LogP contribution in [0.2, 0.25) is 0 Å². The van der Waals surface area contributed by atoms with E-state index in [1.54, 1.807) is 17.3 Å². The third kappa shape index (κ3) is 4.49. The van der Waals surface area contributed by atoms with Crippen LogP contribution in [0, 0.1) is 5.92 Å². The van der Waals surface area contributed by atoms with E-state index in [0.717, 1.165) is 10.2 Å². The van der Waals surface area contributed by atoms with Crippen molar-refractivity contribution < 1.29 is 9.53 Å². The zero-order valence-electron chi connectivity index (χ0n) is 11.5. The van der Waals surface area contributed by atoms with Crippen LogP contribution in [0.3, 0.4) is 0 Å². The molecular weight excluding hydrogens is 308 g/mol. The third-order valence-corrected chi connectivity index (χ3v) is 3.19. The van der Waals surface area contributed by atoms with Gasteiger partial charge in [-0.3, -0.25) is 9.88 Å². The van der Waals surface area contributed by atoms with E-state index in [2.05, 4.69) is 20.9 Å². The molecule has 1 amide bonds. The number of hydrogen-bond donors (Lipinski definition) is 0. The van der Waals surface area contributed by atoms with Crippen molar-refractivity contribution in [3.05, 3.63) is 22.9 Å². The zero-order chi connectivity index (χ0) is 14.0. The first-order valence-corrected chi connectivity index (χ1v) is 7.25. The molecule has 1 heterocycles. The lowest BCUT2D eigenvalue weighted by atomic mass is 10.2. The molecule has 1 aliphatic carbocycles. The number of pyridine rings is 1. The summed E-state index contributed by atoms with van der Waals surface area (Å²) in [6.07, 6.45) is 5.45. The van der Waals surface area contributed by atoms with Crippen molar-refractivity contribution in [3.8, 4) is 0 Å². The van der Waals surface area contributed by atoms with Crippen LogP contribution >= 0.6 is 15.9 Å². The summed E-state index contributed by atoms with van der Waals surface area (Å²) in [7, 11) is 0. The minimum Gasteiger partial charge on any atom is -0.443 e. The minimum atomic E-state index is -0.488. The maximum atomic E-state index is 12.3. The van der Waals surface area contributed by atoms with Gasteiger partial charge in [-0.25, -0.2) is 4.79 Å². The molecule has 1 fully saturated rings. The lowest BCUT2D eigenvalue weighted by molar-refractivity contribution is 0.0578. The van der Waals surface area contributed by atoms with Crippen molar-refractivity contribution in [1.82, 2.24) is 4.98 Å². The summed E-state index contributed by atoms with van der Waals surface area (Å²) >= 11 is 3.38. The number of nitrogens with zero attached hydrogens (tertiary/aromatic N) is 2. The van der Waals surface area contributed by atoms with Crippen molar-refractivity contribution in [1.29, 1.82) is 0 Å². The fraction of sp³-hybridized carbons (Fsp3) is 0.571. The number of carbonyl (C=O) groups is 1. The van der Waals surface area contributed by atoms with E-state index in [1.165, 1.54) is 12.8 Å². The summed E-state index contributed by atoms with van der Waals surface area (Å²) in [5.74, 6) is 0.589. The van der Waals surface area contributed by atoms with Gasteiger partial charge in [-0.1, -0.05) is 0 Å². The molecular formula is C14H19BrN2O2. The molecule has 5 heteroatoms. The van der Waals surface area contributed by atoms with Crippen LogP contribution in [-0.4, -0.2) is 23.2 Å². The van der Waals surface area contributed by atoms with E-state index in [0.29, 0.717) is 12.5 Å². The summed E-state index contributed by atoms with van der Waals surface area (Å²) in [5, 5.41) is 0. The molecule has 19 heavy (non-hydrogen) atoms. The maximum Gasteiger partial charge on any atom is 0.414 e. The van der Waals surface area contributed by atoms with Gasteiger partial charge in [0.1, 0.15) is 5.60 Å². The number of rotatable bonds is 3. The second-order valence-electron chi connectivity index (χ2n) is 5.90. The van der Waals surface area contributed by atoms with Gasteiger partial charge in [-0.15, -0.1) is 0 Å². The smallest absolute Gasteiger partial charge is 0.414 e. The Hall–Kier alpha value is -1.10. The van der Waals surface area contributed by atoms with Crippen LogP contribution in [-0.2, 0) is 4.74 Å². The van der Waals surface area contributed by atoms with E-state index in [9.17, 15) is 4.79 Å². The normalized spacial score (nSPS) is 15.2. The Labute approximate surface area is 122 Å². The molecule has 0 bridgehead atoms. The molecule has 0 radical (unpaired) electrons. The van der Waals surface area contributed by atoms with Gasteiger partial charge < -0.3 is 4.74 Å². The molecule has 0 saturated heterocycles. The Morgan fingerprint density at radius 1 is 1.47 bits per heavy atom. The predicted octanol–water partition coefficient (Wildman–Crippen LogP) is 4.00. The lowest BCUT2D eigenvalue weighted by Crippen LogP contribution is -2.38. The highest BCUT2D eigenvalue weighted by molar-refractivity contribution is 9.10. The molecule has 0 atom stereocenters. The first kappa shape index (κ1) is 14.3. The molecule has 1 saturated carbocycles. The SMILES string of the molecule is CC(C)(C)OC(=O)N(CC1CC1)c1cncc(Br)c1. The first-order chi connectivity index (χ1) is 8.85. The fourth-order valence-electron chi connectivity index (χ4n) is 1.71. The molecule has 1 aromatic heterocycles. The summed E-state index contributed by atoms with van der Waals surface area (Å²) < 4.78 is 6.32. The maximum absolute atomic E-state index is 12.3. The average Bonchev–Trinajstić information content (AvgIpc) is 3.07. The largest absolute Gasteiger partial charge is 0.443 e. The van der Waals surface area contributed by atoms with Crippen LogP contribution in [0.1, 0.15) is 33.6 Å². The third-order valence-electron chi connectivity index (χ3n) is 2.75. The van der Waals surface area contributed by atoms with Gasteiger partial charge in [-0.2, -0.15) is 0 Å². The topological polar surface area (TPSA) is 42.4 Å². The number of hydrogen-bond acceptors (Lipinski definition) is 3. The molecule has 0 aliphatic heterocycles. The Balaban J connectivity index is 2.17. The van der Waals surface area contributed by atoms with Crippen molar-refractivity contribution in [3.63, 3.8) is 0 Å². The Morgan fingerprint density at radius 2 is 2.16 bits per heavy atom. The molecule has 104 valence electrons. The van der Waals surface area contributed by atoms with Gasteiger partial charge in [0.05, 0.1) is 11.9 Å². The number of carbonyl (C=O) groups excluding carboxylic acids is 1. The lowest BCUT2D eigenvalue weighted by Gasteiger charge is -2.27. The Bertz CT molecular complexity index is 467. The quantitative estimate of drug-likeness (QED) is 0.843. The zero-order valence-corrected chi connectivity index (χ0v) is 13.1. The summed E-state index contributed by atoms with van der Waals surface area (Å²) in [4.78, 5) is 18.1. The number of aromatic nitrogens is 1. The second kappa shape index (κ2) is 5.49. The van der Waals surface area contributed by atoms with Gasteiger partial charge in [0.2, 0.25) is 0 Å².